The number of alkyl halides is 1. The maximum Gasteiger partial charge on any atom is 0.0850 e. The van der Waals surface area contributed by atoms with Gasteiger partial charge in [0, 0.05) is 17.1 Å². The van der Waals surface area contributed by atoms with Crippen LogP contribution in [0.4, 0.5) is 0 Å². The predicted molar refractivity (Wildman–Crippen MR) is 73.8 cm³/mol. The fraction of sp³-hybridized carbons (Fsp3) is 0.0714. The summed E-state index contributed by atoms with van der Waals surface area (Å²) < 4.78 is 1.30. The van der Waals surface area contributed by atoms with Gasteiger partial charge in [-0.3, -0.25) is 4.98 Å². The SMILES string of the molecule is ClC(c1cccnc1)c1ccc2sccc2c1. The highest BCUT2D eigenvalue weighted by Crippen LogP contribution is 2.31. The minimum absolute atomic E-state index is 0.131. The van der Waals surface area contributed by atoms with E-state index in [-0.39, 0.29) is 5.38 Å². The van der Waals surface area contributed by atoms with Crippen LogP contribution in [0.5, 0.6) is 0 Å². The molecule has 17 heavy (non-hydrogen) atoms. The van der Waals surface area contributed by atoms with Gasteiger partial charge in [-0.1, -0.05) is 12.1 Å². The first kappa shape index (κ1) is 10.8. The molecule has 0 N–H and O–H groups in total. The highest BCUT2D eigenvalue weighted by molar-refractivity contribution is 7.17. The molecule has 1 nitrogen and oxygen atoms in total. The number of hydrogen-bond donors (Lipinski definition) is 0. The molecule has 0 saturated carbocycles. The summed E-state index contributed by atoms with van der Waals surface area (Å²) in [6, 6.07) is 12.4. The Morgan fingerprint density at radius 2 is 2.06 bits per heavy atom. The average molecular weight is 260 g/mol. The van der Waals surface area contributed by atoms with Gasteiger partial charge in [0.25, 0.3) is 0 Å². The van der Waals surface area contributed by atoms with Gasteiger partial charge in [-0.05, 0) is 46.2 Å². The van der Waals surface area contributed by atoms with Crippen LogP contribution in [0.15, 0.2) is 54.2 Å². The summed E-state index contributed by atoms with van der Waals surface area (Å²) in [5.41, 5.74) is 2.15. The summed E-state index contributed by atoms with van der Waals surface area (Å²) in [5.74, 6) is 0. The van der Waals surface area contributed by atoms with E-state index in [1.54, 1.807) is 17.5 Å². The Bertz CT molecular complexity index is 633. The van der Waals surface area contributed by atoms with Crippen LogP contribution in [0.2, 0.25) is 0 Å². The second-order valence-corrected chi connectivity index (χ2v) is 5.25. The van der Waals surface area contributed by atoms with Crippen molar-refractivity contribution in [1.29, 1.82) is 0 Å². The third-order valence-electron chi connectivity index (χ3n) is 2.75. The Labute approximate surface area is 109 Å². The fourth-order valence-electron chi connectivity index (χ4n) is 1.86. The van der Waals surface area contributed by atoms with Crippen molar-refractivity contribution in [1.82, 2.24) is 4.98 Å². The number of benzene rings is 1. The molecule has 0 fully saturated rings. The van der Waals surface area contributed by atoms with Crippen LogP contribution in [0, 0.1) is 0 Å². The topological polar surface area (TPSA) is 12.9 Å². The molecule has 0 bridgehead atoms. The highest BCUT2D eigenvalue weighted by Gasteiger charge is 2.11. The highest BCUT2D eigenvalue weighted by atomic mass is 35.5. The molecule has 0 aliphatic heterocycles. The number of hydrogen-bond acceptors (Lipinski definition) is 2. The first-order valence-electron chi connectivity index (χ1n) is 5.36. The van der Waals surface area contributed by atoms with Crippen molar-refractivity contribution in [3.8, 4) is 0 Å². The van der Waals surface area contributed by atoms with Crippen molar-refractivity contribution in [2.24, 2.45) is 0 Å². The number of pyridine rings is 1. The molecular formula is C14H10ClNS. The van der Waals surface area contributed by atoms with E-state index in [0.717, 1.165) is 11.1 Å². The first-order valence-corrected chi connectivity index (χ1v) is 6.67. The van der Waals surface area contributed by atoms with E-state index in [9.17, 15) is 0 Å². The van der Waals surface area contributed by atoms with E-state index in [4.69, 9.17) is 11.6 Å². The maximum absolute atomic E-state index is 6.46. The van der Waals surface area contributed by atoms with Crippen LogP contribution in [0.25, 0.3) is 10.1 Å². The van der Waals surface area contributed by atoms with E-state index in [1.807, 2.05) is 18.3 Å². The number of halogens is 1. The predicted octanol–water partition coefficient (Wildman–Crippen LogP) is 4.62. The molecule has 84 valence electrons. The molecule has 1 unspecified atom stereocenters. The van der Waals surface area contributed by atoms with Gasteiger partial charge >= 0.3 is 0 Å². The van der Waals surface area contributed by atoms with Crippen LogP contribution in [-0.4, -0.2) is 4.98 Å². The average Bonchev–Trinajstić information content (AvgIpc) is 2.86. The van der Waals surface area contributed by atoms with Gasteiger partial charge in [0.05, 0.1) is 5.38 Å². The van der Waals surface area contributed by atoms with Crippen LogP contribution in [0.3, 0.4) is 0 Å². The molecule has 0 saturated heterocycles. The molecule has 0 aliphatic rings. The van der Waals surface area contributed by atoms with Gasteiger partial charge in [0.2, 0.25) is 0 Å². The van der Waals surface area contributed by atoms with Crippen molar-refractivity contribution in [3.63, 3.8) is 0 Å². The van der Waals surface area contributed by atoms with Crippen molar-refractivity contribution in [2.45, 2.75) is 5.38 Å². The summed E-state index contributed by atoms with van der Waals surface area (Å²) in [5, 5.41) is 3.22. The quantitative estimate of drug-likeness (QED) is 0.612. The zero-order chi connectivity index (χ0) is 11.7. The van der Waals surface area contributed by atoms with E-state index >= 15 is 0 Å². The Morgan fingerprint density at radius 1 is 1.12 bits per heavy atom. The zero-order valence-corrected chi connectivity index (χ0v) is 10.6. The third kappa shape index (κ3) is 2.06. The number of aromatic nitrogens is 1. The van der Waals surface area contributed by atoms with E-state index in [0.29, 0.717) is 0 Å². The lowest BCUT2D eigenvalue weighted by Gasteiger charge is -2.09. The monoisotopic (exact) mass is 259 g/mol. The summed E-state index contributed by atoms with van der Waals surface area (Å²) in [6.07, 6.45) is 3.57. The number of fused-ring (bicyclic) bond motifs is 1. The molecule has 2 aromatic heterocycles. The van der Waals surface area contributed by atoms with E-state index in [2.05, 4.69) is 34.6 Å². The minimum Gasteiger partial charge on any atom is -0.264 e. The van der Waals surface area contributed by atoms with Crippen LogP contribution in [-0.2, 0) is 0 Å². The van der Waals surface area contributed by atoms with Gasteiger partial charge in [-0.15, -0.1) is 22.9 Å². The third-order valence-corrected chi connectivity index (χ3v) is 4.15. The summed E-state index contributed by atoms with van der Waals surface area (Å²) in [6.45, 7) is 0. The van der Waals surface area contributed by atoms with Gasteiger partial charge in [0.1, 0.15) is 0 Å². The van der Waals surface area contributed by atoms with Crippen molar-refractivity contribution >= 4 is 33.0 Å². The zero-order valence-electron chi connectivity index (χ0n) is 9.01. The Kier molecular flexibility index (Phi) is 2.83. The number of thiophene rings is 1. The Balaban J connectivity index is 2.03. The van der Waals surface area contributed by atoms with E-state index in [1.165, 1.54) is 10.1 Å². The van der Waals surface area contributed by atoms with Crippen molar-refractivity contribution in [2.75, 3.05) is 0 Å². The van der Waals surface area contributed by atoms with Gasteiger partial charge in [-0.25, -0.2) is 0 Å². The van der Waals surface area contributed by atoms with Gasteiger partial charge < -0.3 is 0 Å². The fourth-order valence-corrected chi connectivity index (χ4v) is 2.90. The standard InChI is InChI=1S/C14H10ClNS/c15-14(12-2-1-6-16-9-12)11-3-4-13-10(8-11)5-7-17-13/h1-9,14H. The molecule has 2 heterocycles. The lowest BCUT2D eigenvalue weighted by atomic mass is 10.0. The molecule has 1 atom stereocenters. The number of nitrogens with zero attached hydrogens (tertiary/aromatic N) is 1. The van der Waals surface area contributed by atoms with E-state index < -0.39 is 0 Å². The second kappa shape index (κ2) is 4.47. The maximum atomic E-state index is 6.46. The molecule has 1 aromatic carbocycles. The molecule has 0 radical (unpaired) electrons. The Morgan fingerprint density at radius 3 is 2.88 bits per heavy atom. The van der Waals surface area contributed by atoms with Crippen LogP contribution < -0.4 is 0 Å². The summed E-state index contributed by atoms with van der Waals surface area (Å²) in [4.78, 5) is 4.10. The Hall–Kier alpha value is -1.38. The molecule has 0 amide bonds. The van der Waals surface area contributed by atoms with Crippen LogP contribution >= 0.6 is 22.9 Å². The smallest absolute Gasteiger partial charge is 0.0850 e. The normalized spacial score (nSPS) is 12.8. The van der Waals surface area contributed by atoms with Gasteiger partial charge in [-0.2, -0.15) is 0 Å². The molecule has 3 rings (SSSR count). The molecule has 3 aromatic rings. The first-order chi connectivity index (χ1) is 8.34. The molecule has 0 spiro atoms. The molecule has 3 heteroatoms. The minimum atomic E-state index is -0.131. The largest absolute Gasteiger partial charge is 0.264 e. The molecule has 0 aliphatic carbocycles. The summed E-state index contributed by atoms with van der Waals surface area (Å²) >= 11 is 8.21. The van der Waals surface area contributed by atoms with Crippen molar-refractivity contribution in [3.05, 3.63) is 65.3 Å². The molecular weight excluding hydrogens is 250 g/mol. The second-order valence-electron chi connectivity index (χ2n) is 3.87. The number of rotatable bonds is 2. The van der Waals surface area contributed by atoms with Gasteiger partial charge in [0.15, 0.2) is 0 Å². The lowest BCUT2D eigenvalue weighted by molar-refractivity contribution is 1.11. The lowest BCUT2D eigenvalue weighted by Crippen LogP contribution is -1.93. The van der Waals surface area contributed by atoms with Crippen LogP contribution in [0.1, 0.15) is 16.5 Å². The summed E-state index contributed by atoms with van der Waals surface area (Å²) in [7, 11) is 0. The van der Waals surface area contributed by atoms with Crippen molar-refractivity contribution < 1.29 is 0 Å².